The predicted molar refractivity (Wildman–Crippen MR) is 46.6 cm³/mol. The molecule has 1 rings (SSSR count). The van der Waals surface area contributed by atoms with E-state index >= 15 is 0 Å². The molecule has 1 atom stereocenters. The van der Waals surface area contributed by atoms with Crippen molar-refractivity contribution < 1.29 is 5.11 Å². The Labute approximate surface area is 72.5 Å². The Bertz CT molecular complexity index is 223. The van der Waals surface area contributed by atoms with Crippen LogP contribution in [0.15, 0.2) is 18.3 Å². The topological polar surface area (TPSA) is 46.0 Å². The number of aliphatic hydroxyl groups is 1. The van der Waals surface area contributed by atoms with Gasteiger partial charge in [-0.2, -0.15) is 10.2 Å². The molecule has 3 nitrogen and oxygen atoms in total. The molecule has 3 heteroatoms. The Morgan fingerprint density at radius 1 is 1.50 bits per heavy atom. The van der Waals surface area contributed by atoms with Gasteiger partial charge in [0.15, 0.2) is 0 Å². The lowest BCUT2D eigenvalue weighted by molar-refractivity contribution is 0.124. The second-order valence-electron chi connectivity index (χ2n) is 3.23. The van der Waals surface area contributed by atoms with Crippen LogP contribution in [0.2, 0.25) is 0 Å². The summed E-state index contributed by atoms with van der Waals surface area (Å²) in [5, 5.41) is 17.1. The third-order valence-electron chi connectivity index (χ3n) is 1.82. The van der Waals surface area contributed by atoms with Crippen LogP contribution in [0.4, 0.5) is 0 Å². The van der Waals surface area contributed by atoms with Gasteiger partial charge < -0.3 is 5.11 Å². The zero-order valence-corrected chi connectivity index (χ0v) is 7.44. The van der Waals surface area contributed by atoms with Gasteiger partial charge in [-0.3, -0.25) is 0 Å². The molecule has 66 valence electrons. The Hall–Kier alpha value is -0.960. The van der Waals surface area contributed by atoms with Crippen molar-refractivity contribution in [2.24, 2.45) is 5.92 Å². The van der Waals surface area contributed by atoms with Crippen LogP contribution >= 0.6 is 0 Å². The highest BCUT2D eigenvalue weighted by Gasteiger charge is 2.10. The van der Waals surface area contributed by atoms with Gasteiger partial charge in [0.2, 0.25) is 0 Å². The van der Waals surface area contributed by atoms with Gasteiger partial charge in [-0.1, -0.05) is 13.8 Å². The third-order valence-corrected chi connectivity index (χ3v) is 1.82. The summed E-state index contributed by atoms with van der Waals surface area (Å²) in [6.07, 6.45) is 1.90. The van der Waals surface area contributed by atoms with Gasteiger partial charge >= 0.3 is 0 Å². The van der Waals surface area contributed by atoms with E-state index in [4.69, 9.17) is 0 Å². The van der Waals surface area contributed by atoms with E-state index in [1.165, 1.54) is 0 Å². The average Bonchev–Trinajstić information content (AvgIpc) is 2.06. The summed E-state index contributed by atoms with van der Waals surface area (Å²) in [6.45, 7) is 3.97. The zero-order chi connectivity index (χ0) is 8.97. The van der Waals surface area contributed by atoms with Gasteiger partial charge in [-0.15, -0.1) is 0 Å². The fourth-order valence-electron chi connectivity index (χ4n) is 0.892. The minimum atomic E-state index is -0.318. The van der Waals surface area contributed by atoms with Crippen LogP contribution in [0.1, 0.15) is 19.5 Å². The monoisotopic (exact) mass is 166 g/mol. The Balaban J connectivity index is 2.53. The maximum Gasteiger partial charge on any atom is 0.0656 e. The van der Waals surface area contributed by atoms with Crippen molar-refractivity contribution in [3.63, 3.8) is 0 Å². The van der Waals surface area contributed by atoms with Gasteiger partial charge in [-0.05, 0) is 18.1 Å². The van der Waals surface area contributed by atoms with Crippen molar-refractivity contribution in [3.8, 4) is 0 Å². The second-order valence-corrected chi connectivity index (χ2v) is 3.23. The van der Waals surface area contributed by atoms with Crippen LogP contribution in [0, 0.1) is 5.92 Å². The molecule has 1 aromatic rings. The SMILES string of the molecule is CC(C)C(O)Cc1cccnn1. The van der Waals surface area contributed by atoms with E-state index in [1.54, 1.807) is 6.20 Å². The fraction of sp³-hybridized carbons (Fsp3) is 0.556. The van der Waals surface area contributed by atoms with Crippen molar-refractivity contribution in [2.75, 3.05) is 0 Å². The molecule has 0 saturated carbocycles. The molecule has 0 aliphatic heterocycles. The highest BCUT2D eigenvalue weighted by Crippen LogP contribution is 2.06. The van der Waals surface area contributed by atoms with Gasteiger partial charge in [-0.25, -0.2) is 0 Å². The molecule has 1 N–H and O–H groups in total. The number of aromatic nitrogens is 2. The van der Waals surface area contributed by atoms with Crippen LogP contribution < -0.4 is 0 Å². The first-order valence-electron chi connectivity index (χ1n) is 4.15. The molecule has 0 aliphatic carbocycles. The van der Waals surface area contributed by atoms with Crippen molar-refractivity contribution in [1.29, 1.82) is 0 Å². The second kappa shape index (κ2) is 4.16. The van der Waals surface area contributed by atoms with Crippen LogP contribution in [-0.2, 0) is 6.42 Å². The van der Waals surface area contributed by atoms with Crippen LogP contribution in [0.5, 0.6) is 0 Å². The van der Waals surface area contributed by atoms with Crippen molar-refractivity contribution >= 4 is 0 Å². The fourth-order valence-corrected chi connectivity index (χ4v) is 0.892. The van der Waals surface area contributed by atoms with E-state index in [2.05, 4.69) is 10.2 Å². The zero-order valence-electron chi connectivity index (χ0n) is 7.44. The quantitative estimate of drug-likeness (QED) is 0.729. The first-order chi connectivity index (χ1) is 5.70. The summed E-state index contributed by atoms with van der Waals surface area (Å²) in [5.74, 6) is 0.270. The molecule has 0 bridgehead atoms. The number of nitrogens with zero attached hydrogens (tertiary/aromatic N) is 2. The number of aliphatic hydroxyl groups excluding tert-OH is 1. The van der Waals surface area contributed by atoms with Crippen molar-refractivity contribution in [1.82, 2.24) is 10.2 Å². The van der Waals surface area contributed by atoms with Crippen molar-refractivity contribution in [2.45, 2.75) is 26.4 Å². The lowest BCUT2D eigenvalue weighted by Gasteiger charge is -2.12. The largest absolute Gasteiger partial charge is 0.392 e. The minimum absolute atomic E-state index is 0.270. The van der Waals surface area contributed by atoms with Gasteiger partial charge in [0.25, 0.3) is 0 Å². The molecule has 1 unspecified atom stereocenters. The molecular formula is C9H14N2O. The van der Waals surface area contributed by atoms with E-state index in [0.717, 1.165) is 5.69 Å². The average molecular weight is 166 g/mol. The third kappa shape index (κ3) is 2.58. The molecule has 1 heterocycles. The lowest BCUT2D eigenvalue weighted by Crippen LogP contribution is -2.18. The number of hydrogen-bond donors (Lipinski definition) is 1. The lowest BCUT2D eigenvalue weighted by atomic mass is 10.0. The standard InChI is InChI=1S/C9H14N2O/c1-7(2)9(12)6-8-4-3-5-10-11-8/h3-5,7,9,12H,6H2,1-2H3. The maximum absolute atomic E-state index is 9.51. The minimum Gasteiger partial charge on any atom is -0.392 e. The molecule has 0 aromatic carbocycles. The Morgan fingerprint density at radius 2 is 2.25 bits per heavy atom. The number of hydrogen-bond acceptors (Lipinski definition) is 3. The highest BCUT2D eigenvalue weighted by atomic mass is 16.3. The highest BCUT2D eigenvalue weighted by molar-refractivity contribution is 5.00. The van der Waals surface area contributed by atoms with Gasteiger partial charge in [0, 0.05) is 12.6 Å². The summed E-state index contributed by atoms with van der Waals surface area (Å²) in [5.41, 5.74) is 0.846. The van der Waals surface area contributed by atoms with E-state index in [-0.39, 0.29) is 12.0 Å². The first kappa shape index (κ1) is 9.13. The van der Waals surface area contributed by atoms with Gasteiger partial charge in [0.05, 0.1) is 11.8 Å². The first-order valence-corrected chi connectivity index (χ1v) is 4.15. The van der Waals surface area contributed by atoms with E-state index in [9.17, 15) is 5.11 Å². The molecule has 0 saturated heterocycles. The van der Waals surface area contributed by atoms with Gasteiger partial charge in [0.1, 0.15) is 0 Å². The van der Waals surface area contributed by atoms with Crippen LogP contribution in [0.25, 0.3) is 0 Å². The molecule has 0 aliphatic rings. The van der Waals surface area contributed by atoms with Crippen LogP contribution in [-0.4, -0.2) is 21.4 Å². The summed E-state index contributed by atoms with van der Waals surface area (Å²) >= 11 is 0. The number of rotatable bonds is 3. The van der Waals surface area contributed by atoms with E-state index < -0.39 is 0 Å². The smallest absolute Gasteiger partial charge is 0.0656 e. The molecule has 0 fully saturated rings. The summed E-state index contributed by atoms with van der Waals surface area (Å²) < 4.78 is 0. The molecule has 0 radical (unpaired) electrons. The normalized spacial score (nSPS) is 13.3. The molecule has 1 aromatic heterocycles. The molecular weight excluding hydrogens is 152 g/mol. The molecule has 0 spiro atoms. The molecule has 0 amide bonds. The Morgan fingerprint density at radius 3 is 2.75 bits per heavy atom. The van der Waals surface area contributed by atoms with E-state index in [1.807, 2.05) is 26.0 Å². The predicted octanol–water partition coefficient (Wildman–Crippen LogP) is 1.04. The summed E-state index contributed by atoms with van der Waals surface area (Å²) in [7, 11) is 0. The summed E-state index contributed by atoms with van der Waals surface area (Å²) in [6, 6.07) is 3.70. The van der Waals surface area contributed by atoms with Crippen molar-refractivity contribution in [3.05, 3.63) is 24.0 Å². The van der Waals surface area contributed by atoms with E-state index in [0.29, 0.717) is 6.42 Å². The summed E-state index contributed by atoms with van der Waals surface area (Å²) in [4.78, 5) is 0. The Kier molecular flexibility index (Phi) is 3.17. The molecule has 12 heavy (non-hydrogen) atoms. The van der Waals surface area contributed by atoms with Crippen LogP contribution in [0.3, 0.4) is 0 Å². The maximum atomic E-state index is 9.51.